The van der Waals surface area contributed by atoms with Crippen molar-refractivity contribution >= 4 is 38.6 Å². The summed E-state index contributed by atoms with van der Waals surface area (Å²) < 4.78 is 1.16. The van der Waals surface area contributed by atoms with Gasteiger partial charge in [-0.1, -0.05) is 48.0 Å². The molecule has 0 spiro atoms. The van der Waals surface area contributed by atoms with Gasteiger partial charge < -0.3 is 9.88 Å². The Kier molecular flexibility index (Phi) is 6.54. The molecule has 0 unspecified atom stereocenters. The van der Waals surface area contributed by atoms with E-state index in [2.05, 4.69) is 106 Å². The molecule has 1 aliphatic rings. The monoisotopic (exact) mass is 723 g/mol. The van der Waals surface area contributed by atoms with E-state index in [1.807, 2.05) is 42.9 Å². The number of fused-ring (bicyclic) bond motifs is 6. The second-order valence-corrected chi connectivity index (χ2v) is 10.6. The van der Waals surface area contributed by atoms with Gasteiger partial charge in [-0.05, 0) is 53.0 Å². The molecule has 0 radical (unpaired) electrons. The molecule has 196 valence electrons. The van der Waals surface area contributed by atoms with Gasteiger partial charge in [-0.15, -0.1) is 53.6 Å². The Labute approximate surface area is 256 Å². The average molecular weight is 724 g/mol. The van der Waals surface area contributed by atoms with Crippen molar-refractivity contribution < 1.29 is 21.1 Å². The van der Waals surface area contributed by atoms with Crippen molar-refractivity contribution in [2.75, 3.05) is 4.90 Å². The summed E-state index contributed by atoms with van der Waals surface area (Å²) in [6, 6.07) is 42.7. The van der Waals surface area contributed by atoms with E-state index in [1.54, 1.807) is 11.3 Å². The predicted octanol–water partition coefficient (Wildman–Crippen LogP) is 9.14. The summed E-state index contributed by atoms with van der Waals surface area (Å²) in [5, 5.41) is 0.947. The molecule has 0 N–H and O–H groups in total. The van der Waals surface area contributed by atoms with Gasteiger partial charge in [0.05, 0.1) is 11.2 Å². The molecule has 0 amide bonds. The molecule has 8 rings (SSSR count). The molecule has 0 saturated heterocycles. The number of aromatic nitrogens is 3. The number of para-hydroxylation sites is 2. The van der Waals surface area contributed by atoms with Gasteiger partial charge in [0.2, 0.25) is 0 Å². The van der Waals surface area contributed by atoms with Crippen molar-refractivity contribution in [3.63, 3.8) is 0 Å². The summed E-state index contributed by atoms with van der Waals surface area (Å²) in [7, 11) is 0. The molecule has 7 aromatic rings. The number of thiazole rings is 1. The predicted molar refractivity (Wildman–Crippen MR) is 163 cm³/mol. The van der Waals surface area contributed by atoms with Crippen LogP contribution in [0.1, 0.15) is 0 Å². The maximum Gasteiger partial charge on any atom is 2.00 e. The fourth-order valence-corrected chi connectivity index (χ4v) is 6.30. The van der Waals surface area contributed by atoms with Crippen LogP contribution < -0.4 is 4.90 Å². The number of pyridine rings is 2. The Morgan fingerprint density at radius 2 is 1.51 bits per heavy atom. The van der Waals surface area contributed by atoms with Crippen LogP contribution in [0.3, 0.4) is 0 Å². The third-order valence-electron chi connectivity index (χ3n) is 7.18. The number of hydrogen-bond acceptors (Lipinski definition) is 5. The van der Waals surface area contributed by atoms with Crippen LogP contribution >= 0.6 is 11.3 Å². The molecule has 3 aromatic heterocycles. The molecule has 0 bridgehead atoms. The van der Waals surface area contributed by atoms with E-state index in [9.17, 15) is 0 Å². The van der Waals surface area contributed by atoms with Gasteiger partial charge >= 0.3 is 21.1 Å². The van der Waals surface area contributed by atoms with Gasteiger partial charge in [0.25, 0.3) is 0 Å². The molecular formula is C35H20N4PtS. The van der Waals surface area contributed by atoms with Gasteiger partial charge in [-0.3, -0.25) is 9.97 Å². The van der Waals surface area contributed by atoms with Crippen LogP contribution in [0.2, 0.25) is 0 Å². The smallest absolute Gasteiger partial charge is 0.345 e. The zero-order valence-electron chi connectivity index (χ0n) is 21.6. The Balaban J connectivity index is 0.00000276. The van der Waals surface area contributed by atoms with Gasteiger partial charge in [0.1, 0.15) is 0 Å². The van der Waals surface area contributed by atoms with Crippen LogP contribution in [0, 0.1) is 12.1 Å². The first-order valence-electron chi connectivity index (χ1n) is 13.0. The standard InChI is InChI=1S/C35H20N4S.Pt/c1-3-13-32-27(10-1)29-22-36-19-17-26(29)28-16-15-24(35-38-31-12-2-4-14-34(31)40-35)21-33(28)39(32)25-9-7-8-23(20-25)30-11-5-6-18-37-30;/h1-19,22H;/q-2;+2. The Morgan fingerprint density at radius 3 is 2.41 bits per heavy atom. The topological polar surface area (TPSA) is 41.9 Å². The fraction of sp³-hybridized carbons (Fsp3) is 0. The molecule has 41 heavy (non-hydrogen) atoms. The Bertz CT molecular complexity index is 2000. The zero-order valence-corrected chi connectivity index (χ0v) is 24.6. The summed E-state index contributed by atoms with van der Waals surface area (Å²) in [5.41, 5.74) is 11.1. The van der Waals surface area contributed by atoms with Crippen LogP contribution in [0.25, 0.3) is 54.3 Å². The normalized spacial score (nSPS) is 11.7. The van der Waals surface area contributed by atoms with E-state index in [0.717, 1.165) is 71.4 Å². The van der Waals surface area contributed by atoms with E-state index >= 15 is 0 Å². The van der Waals surface area contributed by atoms with E-state index in [-0.39, 0.29) is 21.1 Å². The van der Waals surface area contributed by atoms with Crippen molar-refractivity contribution in [3.8, 4) is 44.1 Å². The quantitative estimate of drug-likeness (QED) is 0.171. The summed E-state index contributed by atoms with van der Waals surface area (Å²) in [5.74, 6) is 0. The molecule has 0 fully saturated rings. The molecule has 1 aliphatic heterocycles. The van der Waals surface area contributed by atoms with E-state index < -0.39 is 0 Å². The van der Waals surface area contributed by atoms with Crippen LogP contribution in [-0.2, 0) is 21.1 Å². The largest absolute Gasteiger partial charge is 2.00 e. The van der Waals surface area contributed by atoms with Crippen LogP contribution in [-0.4, -0.2) is 15.0 Å². The summed E-state index contributed by atoms with van der Waals surface area (Å²) in [4.78, 5) is 16.3. The van der Waals surface area contributed by atoms with Crippen LogP contribution in [0.5, 0.6) is 0 Å². The van der Waals surface area contributed by atoms with E-state index in [0.29, 0.717) is 0 Å². The van der Waals surface area contributed by atoms with Gasteiger partial charge in [0.15, 0.2) is 0 Å². The minimum Gasteiger partial charge on any atom is -0.345 e. The maximum absolute atomic E-state index is 4.94. The SMILES string of the molecule is [Pt+2].[c-]1c(-c2ccccn2)cccc1N1c2[c-]c(-c3nc4ccccc4s3)ccc2-c2ccncc2-c2ccccc21. The summed E-state index contributed by atoms with van der Waals surface area (Å²) in [6.07, 6.45) is 5.63. The molecule has 0 aliphatic carbocycles. The average Bonchev–Trinajstić information content (AvgIpc) is 3.42. The van der Waals surface area contributed by atoms with Crippen molar-refractivity contribution in [3.05, 3.63) is 134 Å². The number of benzene rings is 4. The third-order valence-corrected chi connectivity index (χ3v) is 8.25. The van der Waals surface area contributed by atoms with Crippen molar-refractivity contribution in [1.82, 2.24) is 15.0 Å². The molecule has 4 nitrogen and oxygen atoms in total. The zero-order chi connectivity index (χ0) is 26.5. The Morgan fingerprint density at radius 1 is 0.634 bits per heavy atom. The number of rotatable bonds is 3. The second-order valence-electron chi connectivity index (χ2n) is 9.56. The van der Waals surface area contributed by atoms with E-state index in [4.69, 9.17) is 4.98 Å². The third kappa shape index (κ3) is 4.39. The van der Waals surface area contributed by atoms with Gasteiger partial charge in [0, 0.05) is 39.4 Å². The fourth-order valence-electron chi connectivity index (χ4n) is 5.36. The first-order valence-corrected chi connectivity index (χ1v) is 13.8. The molecule has 4 heterocycles. The Hall–Kier alpha value is -4.44. The summed E-state index contributed by atoms with van der Waals surface area (Å²) >= 11 is 1.69. The molecule has 6 heteroatoms. The van der Waals surface area contributed by atoms with Crippen LogP contribution in [0.15, 0.2) is 122 Å². The molecular weight excluding hydrogens is 704 g/mol. The first kappa shape index (κ1) is 25.5. The van der Waals surface area contributed by atoms with Gasteiger partial charge in [-0.25, -0.2) is 0 Å². The van der Waals surface area contributed by atoms with Crippen molar-refractivity contribution in [2.45, 2.75) is 0 Å². The first-order chi connectivity index (χ1) is 19.8. The van der Waals surface area contributed by atoms with E-state index in [1.165, 1.54) is 0 Å². The van der Waals surface area contributed by atoms with Crippen molar-refractivity contribution in [1.29, 1.82) is 0 Å². The number of anilines is 3. The maximum atomic E-state index is 4.94. The number of hydrogen-bond donors (Lipinski definition) is 0. The summed E-state index contributed by atoms with van der Waals surface area (Å²) in [6.45, 7) is 0. The molecule has 4 aromatic carbocycles. The number of nitrogens with zero attached hydrogens (tertiary/aromatic N) is 4. The van der Waals surface area contributed by atoms with Crippen molar-refractivity contribution in [2.24, 2.45) is 0 Å². The minimum atomic E-state index is 0. The second kappa shape index (κ2) is 10.5. The molecule has 0 atom stereocenters. The van der Waals surface area contributed by atoms with Crippen LogP contribution in [0.4, 0.5) is 17.1 Å². The van der Waals surface area contributed by atoms with Gasteiger partial charge in [-0.2, -0.15) is 11.3 Å². The minimum absolute atomic E-state index is 0. The molecule has 0 saturated carbocycles.